The number of benzene rings is 1. The number of fused-ring (bicyclic) bond motifs is 1. The molecule has 0 aliphatic carbocycles. The van der Waals surface area contributed by atoms with Gasteiger partial charge in [-0.1, -0.05) is 6.92 Å². The molecule has 3 aliphatic rings. The summed E-state index contributed by atoms with van der Waals surface area (Å²) in [5.74, 6) is 0.413. The van der Waals surface area contributed by atoms with Crippen molar-refractivity contribution in [3.63, 3.8) is 0 Å². The van der Waals surface area contributed by atoms with Gasteiger partial charge in [-0.05, 0) is 70.2 Å². The molecule has 0 aromatic heterocycles. The number of nitrogens with one attached hydrogen (secondary N) is 2. The summed E-state index contributed by atoms with van der Waals surface area (Å²) >= 11 is 0. The van der Waals surface area contributed by atoms with E-state index in [1.165, 1.54) is 23.2 Å². The molecule has 0 spiro atoms. The average Bonchev–Trinajstić information content (AvgIpc) is 2.81. The minimum atomic E-state index is -3.81. The fourth-order valence-electron chi connectivity index (χ4n) is 4.90. The minimum absolute atomic E-state index is 0.0766. The highest BCUT2D eigenvalue weighted by Crippen LogP contribution is 2.36. The highest BCUT2D eigenvalue weighted by Gasteiger charge is 2.35. The van der Waals surface area contributed by atoms with Gasteiger partial charge in [0.1, 0.15) is 5.75 Å². The first kappa shape index (κ1) is 24.9. The molecule has 3 aliphatic heterocycles. The largest absolute Gasteiger partial charge is 0.479 e. The number of ether oxygens (including phenoxy) is 1. The zero-order valence-corrected chi connectivity index (χ0v) is 21.1. The number of sulfonamides is 1. The monoisotopic (exact) mass is 492 g/mol. The zero-order chi connectivity index (χ0) is 24.5. The van der Waals surface area contributed by atoms with E-state index in [1.807, 2.05) is 0 Å². The fraction of sp³-hybridized carbons (Fsp3) is 0.667. The van der Waals surface area contributed by atoms with Gasteiger partial charge in [-0.25, -0.2) is 8.42 Å². The predicted molar refractivity (Wildman–Crippen MR) is 129 cm³/mol. The highest BCUT2D eigenvalue weighted by atomic mass is 32.2. The Kier molecular flexibility index (Phi) is 7.49. The van der Waals surface area contributed by atoms with Crippen molar-refractivity contribution in [2.45, 2.75) is 57.5 Å². The maximum absolute atomic E-state index is 13.5. The SMILES string of the molecule is Cc1cc2c(cc1S(=O)(=O)N1CCC[C@H](C(=O)NCCN3CCC(C)CC3)C1)O[C@H](C)C(=O)N2. The van der Waals surface area contributed by atoms with Gasteiger partial charge in [0.25, 0.3) is 5.91 Å². The van der Waals surface area contributed by atoms with E-state index >= 15 is 0 Å². The van der Waals surface area contributed by atoms with Crippen LogP contribution in [-0.2, 0) is 19.6 Å². The molecule has 3 heterocycles. The summed E-state index contributed by atoms with van der Waals surface area (Å²) in [4.78, 5) is 27.2. The molecule has 0 saturated carbocycles. The summed E-state index contributed by atoms with van der Waals surface area (Å²) < 4.78 is 34.0. The van der Waals surface area contributed by atoms with E-state index in [4.69, 9.17) is 4.74 Å². The normalized spacial score (nSPS) is 24.7. The Morgan fingerprint density at radius 3 is 2.65 bits per heavy atom. The molecule has 9 nitrogen and oxygen atoms in total. The number of rotatable bonds is 6. The third-order valence-electron chi connectivity index (χ3n) is 7.18. The van der Waals surface area contributed by atoms with Crippen molar-refractivity contribution in [3.05, 3.63) is 17.7 Å². The van der Waals surface area contributed by atoms with Crippen molar-refractivity contribution >= 4 is 27.5 Å². The standard InChI is InChI=1S/C24H36N4O5S/c1-16-6-10-27(11-7-16)12-8-25-24(30)19-5-4-9-28(15-19)34(31,32)22-14-21-20(13-17(22)2)26-23(29)18(3)33-21/h13-14,16,18-19H,4-12,15H2,1-3H3,(H,25,30)(H,26,29)/t18-,19+/m1/s1. The van der Waals surface area contributed by atoms with Crippen LogP contribution in [0.3, 0.4) is 0 Å². The number of anilines is 1. The Bertz CT molecular complexity index is 1040. The first-order valence-corrected chi connectivity index (χ1v) is 13.7. The molecule has 2 amide bonds. The van der Waals surface area contributed by atoms with Crippen LogP contribution >= 0.6 is 0 Å². The topological polar surface area (TPSA) is 108 Å². The van der Waals surface area contributed by atoms with E-state index in [-0.39, 0.29) is 29.2 Å². The number of likely N-dealkylation sites (tertiary alicyclic amines) is 1. The van der Waals surface area contributed by atoms with Crippen LogP contribution in [-0.4, -0.2) is 74.8 Å². The second-order valence-corrected chi connectivity index (χ2v) is 11.8. The molecule has 0 radical (unpaired) electrons. The van der Waals surface area contributed by atoms with E-state index < -0.39 is 16.1 Å². The Hall–Kier alpha value is -2.17. The van der Waals surface area contributed by atoms with Crippen LogP contribution in [0.25, 0.3) is 0 Å². The van der Waals surface area contributed by atoms with Crippen LogP contribution < -0.4 is 15.4 Å². The quantitative estimate of drug-likeness (QED) is 0.629. The van der Waals surface area contributed by atoms with Crippen LogP contribution in [0.1, 0.15) is 45.1 Å². The molecular formula is C24H36N4O5S. The molecule has 2 saturated heterocycles. The van der Waals surface area contributed by atoms with Crippen molar-refractivity contribution in [2.75, 3.05) is 44.6 Å². The van der Waals surface area contributed by atoms with Crippen molar-refractivity contribution < 1.29 is 22.7 Å². The van der Waals surface area contributed by atoms with Gasteiger partial charge in [-0.3, -0.25) is 9.59 Å². The molecule has 2 atom stereocenters. The first-order chi connectivity index (χ1) is 16.1. The summed E-state index contributed by atoms with van der Waals surface area (Å²) in [6.45, 7) is 9.69. The molecule has 1 aromatic carbocycles. The minimum Gasteiger partial charge on any atom is -0.479 e. The first-order valence-electron chi connectivity index (χ1n) is 12.3. The van der Waals surface area contributed by atoms with Crippen LogP contribution in [0.4, 0.5) is 5.69 Å². The smallest absolute Gasteiger partial charge is 0.265 e. The summed E-state index contributed by atoms with van der Waals surface area (Å²) in [5, 5.41) is 5.77. The van der Waals surface area contributed by atoms with E-state index in [0.717, 1.165) is 25.6 Å². The number of hydrogen-bond donors (Lipinski definition) is 2. The molecule has 34 heavy (non-hydrogen) atoms. The molecule has 10 heteroatoms. The van der Waals surface area contributed by atoms with Crippen molar-refractivity contribution in [1.29, 1.82) is 0 Å². The van der Waals surface area contributed by atoms with Crippen LogP contribution in [0, 0.1) is 18.8 Å². The lowest BCUT2D eigenvalue weighted by Gasteiger charge is -2.33. The van der Waals surface area contributed by atoms with E-state index in [2.05, 4.69) is 22.5 Å². The molecule has 188 valence electrons. The third-order valence-corrected chi connectivity index (χ3v) is 9.19. The van der Waals surface area contributed by atoms with Crippen LogP contribution in [0.15, 0.2) is 17.0 Å². The fourth-order valence-corrected chi connectivity index (χ4v) is 6.65. The Labute approximate surface area is 202 Å². The van der Waals surface area contributed by atoms with Gasteiger partial charge in [0.2, 0.25) is 15.9 Å². The van der Waals surface area contributed by atoms with Crippen molar-refractivity contribution in [3.8, 4) is 5.75 Å². The summed E-state index contributed by atoms with van der Waals surface area (Å²) in [6.07, 6.45) is 3.01. The third kappa shape index (κ3) is 5.39. The molecule has 0 unspecified atom stereocenters. The van der Waals surface area contributed by atoms with Gasteiger partial charge in [0, 0.05) is 32.2 Å². The van der Waals surface area contributed by atoms with Gasteiger partial charge in [-0.15, -0.1) is 0 Å². The van der Waals surface area contributed by atoms with E-state index in [0.29, 0.717) is 42.9 Å². The average molecular weight is 493 g/mol. The van der Waals surface area contributed by atoms with E-state index in [1.54, 1.807) is 19.9 Å². The van der Waals surface area contributed by atoms with Crippen LogP contribution in [0.2, 0.25) is 0 Å². The number of carbonyl (C=O) groups excluding carboxylic acids is 2. The Morgan fingerprint density at radius 1 is 1.18 bits per heavy atom. The maximum atomic E-state index is 13.5. The Morgan fingerprint density at radius 2 is 1.91 bits per heavy atom. The lowest BCUT2D eigenvalue weighted by molar-refractivity contribution is -0.126. The van der Waals surface area contributed by atoms with E-state index in [9.17, 15) is 18.0 Å². The molecule has 1 aromatic rings. The highest BCUT2D eigenvalue weighted by molar-refractivity contribution is 7.89. The molecule has 4 rings (SSSR count). The van der Waals surface area contributed by atoms with Gasteiger partial charge in [-0.2, -0.15) is 4.31 Å². The maximum Gasteiger partial charge on any atom is 0.265 e. The van der Waals surface area contributed by atoms with Gasteiger partial charge in [0.05, 0.1) is 16.5 Å². The van der Waals surface area contributed by atoms with Crippen molar-refractivity contribution in [2.24, 2.45) is 11.8 Å². The second kappa shape index (κ2) is 10.2. The van der Waals surface area contributed by atoms with Gasteiger partial charge < -0.3 is 20.3 Å². The zero-order valence-electron chi connectivity index (χ0n) is 20.3. The number of aryl methyl sites for hydroxylation is 1. The summed E-state index contributed by atoms with van der Waals surface area (Å²) in [5.41, 5.74) is 0.998. The second-order valence-electron chi connectivity index (χ2n) is 9.88. The number of amides is 2. The van der Waals surface area contributed by atoms with Gasteiger partial charge >= 0.3 is 0 Å². The lowest BCUT2D eigenvalue weighted by Crippen LogP contribution is -2.47. The summed E-state index contributed by atoms with van der Waals surface area (Å²) in [6, 6.07) is 3.11. The molecule has 2 fully saturated rings. The predicted octanol–water partition coefficient (Wildman–Crippen LogP) is 1.96. The lowest BCUT2D eigenvalue weighted by atomic mass is 9.98. The number of nitrogens with zero attached hydrogens (tertiary/aromatic N) is 2. The van der Waals surface area contributed by atoms with Crippen LogP contribution in [0.5, 0.6) is 5.75 Å². The van der Waals surface area contributed by atoms with Gasteiger partial charge in [0.15, 0.2) is 6.10 Å². The molecular weight excluding hydrogens is 456 g/mol. The number of carbonyl (C=O) groups is 2. The number of piperidine rings is 2. The Balaban J connectivity index is 1.39. The molecule has 2 N–H and O–H groups in total. The molecule has 0 bridgehead atoms. The summed E-state index contributed by atoms with van der Waals surface area (Å²) in [7, 11) is -3.81. The number of hydrogen-bond acceptors (Lipinski definition) is 6. The van der Waals surface area contributed by atoms with Crippen molar-refractivity contribution in [1.82, 2.24) is 14.5 Å².